The number of hydrogen-bond donors (Lipinski definition) is 3. The number of imidazole rings is 1. The first-order chi connectivity index (χ1) is 14.5. The van der Waals surface area contributed by atoms with Gasteiger partial charge in [0.1, 0.15) is 6.07 Å². The van der Waals surface area contributed by atoms with Crippen molar-refractivity contribution in [2.45, 2.75) is 31.8 Å². The van der Waals surface area contributed by atoms with Gasteiger partial charge in [0.25, 0.3) is 0 Å². The van der Waals surface area contributed by atoms with Gasteiger partial charge in [-0.15, -0.1) is 0 Å². The van der Waals surface area contributed by atoms with Gasteiger partial charge in [-0.2, -0.15) is 5.26 Å². The van der Waals surface area contributed by atoms with E-state index in [2.05, 4.69) is 38.2 Å². The lowest BCUT2D eigenvalue weighted by molar-refractivity contribution is -0.123. The molecule has 1 amide bonds. The Balaban J connectivity index is 1.51. The lowest BCUT2D eigenvalue weighted by Gasteiger charge is -2.39. The number of piperidine rings is 1. The zero-order valence-corrected chi connectivity index (χ0v) is 16.9. The van der Waals surface area contributed by atoms with Gasteiger partial charge >= 0.3 is 0 Å². The normalized spacial score (nSPS) is 20.0. The van der Waals surface area contributed by atoms with E-state index in [0.29, 0.717) is 30.0 Å². The average molecular weight is 403 g/mol. The van der Waals surface area contributed by atoms with Crippen molar-refractivity contribution in [3.8, 4) is 6.07 Å². The first kappa shape index (κ1) is 19.9. The van der Waals surface area contributed by atoms with E-state index >= 15 is 0 Å². The predicted molar refractivity (Wildman–Crippen MR) is 115 cm³/mol. The molecule has 30 heavy (non-hydrogen) atoms. The molecule has 8 nitrogen and oxygen atoms in total. The number of H-pyrrole nitrogens is 1. The zero-order valence-electron chi connectivity index (χ0n) is 16.9. The second-order valence-electron chi connectivity index (χ2n) is 7.98. The second kappa shape index (κ2) is 8.51. The van der Waals surface area contributed by atoms with E-state index in [0.717, 1.165) is 29.7 Å². The molecule has 0 aliphatic carbocycles. The molecule has 0 unspecified atom stereocenters. The number of nitrogens with zero attached hydrogens (tertiary/aromatic N) is 4. The Morgan fingerprint density at radius 3 is 3.07 bits per heavy atom. The summed E-state index contributed by atoms with van der Waals surface area (Å²) in [7, 11) is 0. The van der Waals surface area contributed by atoms with Gasteiger partial charge in [-0.3, -0.25) is 9.78 Å². The maximum atomic E-state index is 12.6. The van der Waals surface area contributed by atoms with E-state index in [1.165, 1.54) is 0 Å². The molecule has 4 N–H and O–H groups in total. The molecule has 0 spiro atoms. The maximum absolute atomic E-state index is 12.6. The van der Waals surface area contributed by atoms with Gasteiger partial charge in [-0.25, -0.2) is 4.98 Å². The summed E-state index contributed by atoms with van der Waals surface area (Å²) >= 11 is 0. The molecule has 0 saturated carbocycles. The van der Waals surface area contributed by atoms with Crippen molar-refractivity contribution in [2.75, 3.05) is 18.0 Å². The topological polar surface area (TPSA) is 124 Å². The van der Waals surface area contributed by atoms with E-state index in [1.54, 1.807) is 18.7 Å². The van der Waals surface area contributed by atoms with Gasteiger partial charge in [0.15, 0.2) is 0 Å². The monoisotopic (exact) mass is 403 g/mol. The number of nitrogens with one attached hydrogen (secondary N) is 2. The molecule has 1 aliphatic heterocycles. The van der Waals surface area contributed by atoms with E-state index in [-0.39, 0.29) is 11.9 Å². The van der Waals surface area contributed by atoms with Crippen molar-refractivity contribution in [3.05, 3.63) is 54.2 Å². The molecule has 1 aliphatic rings. The number of anilines is 1. The number of fused-ring (bicyclic) bond motifs is 1. The molecule has 1 aromatic carbocycles. The third-order valence-corrected chi connectivity index (χ3v) is 5.55. The zero-order chi connectivity index (χ0) is 21.1. The molecule has 0 radical (unpaired) electrons. The summed E-state index contributed by atoms with van der Waals surface area (Å²) in [6, 6.07) is 9.25. The summed E-state index contributed by atoms with van der Waals surface area (Å²) in [6.07, 6.45) is 6.28. The van der Waals surface area contributed by atoms with Gasteiger partial charge in [-0.1, -0.05) is 6.92 Å². The standard InChI is InChI=1S/C22H25N7O/c1-14-7-17(28-22(30)19(24)8-16-10-25-13-27-16)12-29(11-14)20-5-4-15(9-23)21-18(20)3-2-6-26-21/h2-6,10,13-14,17,19H,7-8,11-12,24H2,1H3,(H,25,27)(H,28,30)/t14-,17+,19-/m0/s1. The molecule has 3 atom stereocenters. The van der Waals surface area contributed by atoms with Crippen LogP contribution in [0.5, 0.6) is 0 Å². The maximum Gasteiger partial charge on any atom is 0.237 e. The van der Waals surface area contributed by atoms with Crippen molar-refractivity contribution >= 4 is 22.5 Å². The van der Waals surface area contributed by atoms with E-state index < -0.39 is 6.04 Å². The van der Waals surface area contributed by atoms with Gasteiger partial charge in [-0.05, 0) is 36.6 Å². The number of amides is 1. The summed E-state index contributed by atoms with van der Waals surface area (Å²) in [4.78, 5) is 26.3. The van der Waals surface area contributed by atoms with Gasteiger partial charge in [0.2, 0.25) is 5.91 Å². The highest BCUT2D eigenvalue weighted by molar-refractivity contribution is 5.95. The Labute approximate surface area is 175 Å². The number of nitrogens with two attached hydrogens (primary N) is 1. The molecular weight excluding hydrogens is 378 g/mol. The van der Waals surface area contributed by atoms with Crippen molar-refractivity contribution in [1.82, 2.24) is 20.3 Å². The summed E-state index contributed by atoms with van der Waals surface area (Å²) in [5, 5.41) is 13.5. The lowest BCUT2D eigenvalue weighted by Crippen LogP contribution is -2.54. The van der Waals surface area contributed by atoms with Gasteiger partial charge in [0.05, 0.1) is 23.4 Å². The minimum Gasteiger partial charge on any atom is -0.369 e. The highest BCUT2D eigenvalue weighted by Gasteiger charge is 2.28. The third-order valence-electron chi connectivity index (χ3n) is 5.55. The quantitative estimate of drug-likeness (QED) is 0.596. The lowest BCUT2D eigenvalue weighted by atomic mass is 9.94. The molecule has 8 heteroatoms. The Morgan fingerprint density at radius 2 is 2.30 bits per heavy atom. The Morgan fingerprint density at radius 1 is 1.43 bits per heavy atom. The van der Waals surface area contributed by atoms with Gasteiger partial charge in [0, 0.05) is 54.7 Å². The average Bonchev–Trinajstić information content (AvgIpc) is 3.25. The molecule has 0 bridgehead atoms. The number of nitriles is 1. The van der Waals surface area contributed by atoms with Crippen LogP contribution in [0.4, 0.5) is 5.69 Å². The van der Waals surface area contributed by atoms with Crippen molar-refractivity contribution in [3.63, 3.8) is 0 Å². The first-order valence-electron chi connectivity index (χ1n) is 10.1. The van der Waals surface area contributed by atoms with Crippen LogP contribution in [0.15, 0.2) is 43.0 Å². The third kappa shape index (κ3) is 4.11. The molecule has 4 rings (SSSR count). The summed E-state index contributed by atoms with van der Waals surface area (Å²) in [6.45, 7) is 3.74. The van der Waals surface area contributed by atoms with Crippen molar-refractivity contribution in [2.24, 2.45) is 11.7 Å². The second-order valence-corrected chi connectivity index (χ2v) is 7.98. The molecule has 1 fully saturated rings. The SMILES string of the molecule is C[C@H]1C[C@@H](NC(=O)[C@@H](N)Cc2cnc[nH]2)CN(c2ccc(C#N)c3ncccc23)C1. The minimum absolute atomic E-state index is 0.00330. The molecule has 154 valence electrons. The molecule has 1 saturated heterocycles. The van der Waals surface area contributed by atoms with E-state index in [9.17, 15) is 10.1 Å². The summed E-state index contributed by atoms with van der Waals surface area (Å²) in [5.74, 6) is 0.241. The summed E-state index contributed by atoms with van der Waals surface area (Å²) in [5.41, 5.74) is 9.24. The van der Waals surface area contributed by atoms with Crippen LogP contribution >= 0.6 is 0 Å². The van der Waals surface area contributed by atoms with Crippen LogP contribution in [0.1, 0.15) is 24.6 Å². The van der Waals surface area contributed by atoms with E-state index in [4.69, 9.17) is 5.73 Å². The van der Waals surface area contributed by atoms with Crippen LogP contribution < -0.4 is 16.0 Å². The largest absolute Gasteiger partial charge is 0.369 e. The number of hydrogen-bond acceptors (Lipinski definition) is 6. The van der Waals surface area contributed by atoms with Crippen LogP contribution in [0.2, 0.25) is 0 Å². The number of aromatic amines is 1. The Bertz CT molecular complexity index is 1070. The van der Waals surface area contributed by atoms with Crippen LogP contribution in [0.3, 0.4) is 0 Å². The smallest absolute Gasteiger partial charge is 0.237 e. The highest BCUT2D eigenvalue weighted by Crippen LogP contribution is 2.31. The van der Waals surface area contributed by atoms with E-state index in [1.807, 2.05) is 24.3 Å². The number of benzene rings is 1. The van der Waals surface area contributed by atoms with Crippen LogP contribution in [0, 0.1) is 17.2 Å². The predicted octanol–water partition coefficient (Wildman–Crippen LogP) is 1.73. The molecule has 3 heterocycles. The minimum atomic E-state index is -0.629. The summed E-state index contributed by atoms with van der Waals surface area (Å²) < 4.78 is 0. The Hall–Kier alpha value is -3.44. The fourth-order valence-electron chi connectivity index (χ4n) is 4.21. The molecular formula is C22H25N7O. The van der Waals surface area contributed by atoms with Crippen LogP contribution in [-0.2, 0) is 11.2 Å². The molecule has 2 aromatic heterocycles. The number of rotatable bonds is 5. The molecule has 3 aromatic rings. The number of carbonyl (C=O) groups is 1. The van der Waals surface area contributed by atoms with Crippen molar-refractivity contribution < 1.29 is 4.79 Å². The number of pyridine rings is 1. The van der Waals surface area contributed by atoms with Crippen LogP contribution in [-0.4, -0.2) is 46.0 Å². The Kier molecular flexibility index (Phi) is 5.63. The number of carbonyl (C=O) groups excluding carboxylic acids is 1. The number of aromatic nitrogens is 3. The van der Waals surface area contributed by atoms with Crippen LogP contribution in [0.25, 0.3) is 10.9 Å². The van der Waals surface area contributed by atoms with Gasteiger partial charge < -0.3 is 20.9 Å². The highest BCUT2D eigenvalue weighted by atomic mass is 16.2. The first-order valence-corrected chi connectivity index (χ1v) is 10.1. The fraction of sp³-hybridized carbons (Fsp3) is 0.364. The van der Waals surface area contributed by atoms with Crippen molar-refractivity contribution in [1.29, 1.82) is 5.26 Å². The fourth-order valence-corrected chi connectivity index (χ4v) is 4.21.